The molecule has 2 fully saturated rings. The maximum atomic E-state index is 11.3. The molecular formula is C15H20N2O3. The molecule has 3 rings (SSSR count). The Bertz CT molecular complexity index is 492. The number of carbonyl (C=O) groups is 1. The maximum Gasteiger partial charge on any atom is 0.407 e. The van der Waals surface area contributed by atoms with Crippen molar-refractivity contribution in [3.8, 4) is 5.88 Å². The van der Waals surface area contributed by atoms with Gasteiger partial charge in [-0.05, 0) is 25.3 Å². The average molecular weight is 276 g/mol. The van der Waals surface area contributed by atoms with Gasteiger partial charge in [0, 0.05) is 36.7 Å². The van der Waals surface area contributed by atoms with E-state index in [1.165, 1.54) is 0 Å². The summed E-state index contributed by atoms with van der Waals surface area (Å²) >= 11 is 0. The molecule has 1 N–H and O–H groups in total. The van der Waals surface area contributed by atoms with E-state index in [9.17, 15) is 9.90 Å². The summed E-state index contributed by atoms with van der Waals surface area (Å²) in [7, 11) is 0. The summed E-state index contributed by atoms with van der Waals surface area (Å²) in [6.45, 7) is 2.08. The second-order valence-electron chi connectivity index (χ2n) is 5.61. The van der Waals surface area contributed by atoms with Crippen molar-refractivity contribution in [2.45, 2.75) is 57.2 Å². The van der Waals surface area contributed by atoms with Crippen LogP contribution in [0.4, 0.5) is 4.79 Å². The average Bonchev–Trinajstić information content (AvgIpc) is 2.72. The van der Waals surface area contributed by atoms with Crippen molar-refractivity contribution in [2.24, 2.45) is 0 Å². The minimum Gasteiger partial charge on any atom is -0.474 e. The molecule has 0 aliphatic carbocycles. The van der Waals surface area contributed by atoms with Crippen LogP contribution in [0, 0.1) is 0 Å². The van der Waals surface area contributed by atoms with Gasteiger partial charge in [0.05, 0.1) is 0 Å². The summed E-state index contributed by atoms with van der Waals surface area (Å²) in [6, 6.07) is 4.18. The second kappa shape index (κ2) is 5.31. The zero-order chi connectivity index (χ0) is 14.1. The monoisotopic (exact) mass is 276 g/mol. The zero-order valence-electron chi connectivity index (χ0n) is 11.7. The highest BCUT2D eigenvalue weighted by Crippen LogP contribution is 2.37. The van der Waals surface area contributed by atoms with Gasteiger partial charge in [-0.2, -0.15) is 0 Å². The smallest absolute Gasteiger partial charge is 0.407 e. The molecular weight excluding hydrogens is 256 g/mol. The molecule has 20 heavy (non-hydrogen) atoms. The van der Waals surface area contributed by atoms with Gasteiger partial charge in [-0.3, -0.25) is 0 Å². The van der Waals surface area contributed by atoms with Crippen molar-refractivity contribution in [3.63, 3.8) is 0 Å². The van der Waals surface area contributed by atoms with Crippen LogP contribution >= 0.6 is 0 Å². The van der Waals surface area contributed by atoms with Crippen LogP contribution in [0.1, 0.15) is 38.2 Å². The molecule has 0 aromatic carbocycles. The Morgan fingerprint density at radius 2 is 2.15 bits per heavy atom. The molecule has 0 spiro atoms. The number of aryl methyl sites for hydroxylation is 1. The van der Waals surface area contributed by atoms with E-state index in [0.717, 1.165) is 37.7 Å². The van der Waals surface area contributed by atoms with Gasteiger partial charge in [-0.1, -0.05) is 13.0 Å². The van der Waals surface area contributed by atoms with E-state index < -0.39 is 6.09 Å². The SMILES string of the molecule is CCc1cccnc1O[C@H]1C[C@H]2CC[C@@H](C1)N2C(=O)O. The lowest BCUT2D eigenvalue weighted by Gasteiger charge is -2.36. The molecule has 3 heterocycles. The van der Waals surface area contributed by atoms with Crippen LogP contribution in [0.3, 0.4) is 0 Å². The van der Waals surface area contributed by atoms with Gasteiger partial charge in [0.2, 0.25) is 5.88 Å². The summed E-state index contributed by atoms with van der Waals surface area (Å²) in [5, 5.41) is 9.25. The molecule has 2 saturated heterocycles. The number of piperidine rings is 1. The fourth-order valence-electron chi connectivity index (χ4n) is 3.49. The third-order valence-electron chi connectivity index (χ3n) is 4.42. The first-order valence-electron chi connectivity index (χ1n) is 7.30. The molecule has 1 amide bonds. The predicted molar refractivity (Wildman–Crippen MR) is 73.9 cm³/mol. The van der Waals surface area contributed by atoms with Gasteiger partial charge < -0.3 is 14.7 Å². The predicted octanol–water partition coefficient (Wildman–Crippen LogP) is 2.70. The lowest BCUT2D eigenvalue weighted by molar-refractivity contribution is 0.0472. The number of nitrogens with zero attached hydrogens (tertiary/aromatic N) is 2. The van der Waals surface area contributed by atoms with Crippen LogP contribution in [0.5, 0.6) is 5.88 Å². The molecule has 3 atom stereocenters. The molecule has 5 heteroatoms. The highest BCUT2D eigenvalue weighted by Gasteiger charge is 2.44. The van der Waals surface area contributed by atoms with Crippen LogP contribution in [0.25, 0.3) is 0 Å². The fraction of sp³-hybridized carbons (Fsp3) is 0.600. The summed E-state index contributed by atoms with van der Waals surface area (Å²) in [5.41, 5.74) is 1.11. The second-order valence-corrected chi connectivity index (χ2v) is 5.61. The van der Waals surface area contributed by atoms with Crippen molar-refractivity contribution in [1.82, 2.24) is 9.88 Å². The summed E-state index contributed by atoms with van der Waals surface area (Å²) in [5.74, 6) is 0.711. The molecule has 2 bridgehead atoms. The van der Waals surface area contributed by atoms with Gasteiger partial charge in [0.1, 0.15) is 6.10 Å². The van der Waals surface area contributed by atoms with Crippen LogP contribution < -0.4 is 4.74 Å². The van der Waals surface area contributed by atoms with Crippen molar-refractivity contribution in [3.05, 3.63) is 23.9 Å². The van der Waals surface area contributed by atoms with Crippen molar-refractivity contribution < 1.29 is 14.6 Å². The molecule has 2 aliphatic heterocycles. The Morgan fingerprint density at radius 1 is 1.45 bits per heavy atom. The van der Waals surface area contributed by atoms with Gasteiger partial charge in [-0.25, -0.2) is 9.78 Å². The highest BCUT2D eigenvalue weighted by atomic mass is 16.5. The van der Waals surface area contributed by atoms with Crippen LogP contribution in [-0.4, -0.2) is 39.3 Å². The normalized spacial score (nSPS) is 28.4. The van der Waals surface area contributed by atoms with E-state index in [2.05, 4.69) is 11.9 Å². The Morgan fingerprint density at radius 3 is 2.75 bits per heavy atom. The Kier molecular flexibility index (Phi) is 3.51. The Hall–Kier alpha value is -1.78. The topological polar surface area (TPSA) is 62.7 Å². The molecule has 1 aromatic heterocycles. The number of amides is 1. The van der Waals surface area contributed by atoms with Gasteiger partial charge in [-0.15, -0.1) is 0 Å². The van der Waals surface area contributed by atoms with Gasteiger partial charge in [0.25, 0.3) is 0 Å². The van der Waals surface area contributed by atoms with Crippen LogP contribution in [-0.2, 0) is 6.42 Å². The lowest BCUT2D eigenvalue weighted by atomic mass is 10.0. The minimum atomic E-state index is -0.789. The lowest BCUT2D eigenvalue weighted by Crippen LogP contribution is -2.48. The van der Waals surface area contributed by atoms with Crippen LogP contribution in [0.2, 0.25) is 0 Å². The molecule has 0 radical (unpaired) electrons. The maximum absolute atomic E-state index is 11.3. The quantitative estimate of drug-likeness (QED) is 0.922. The van der Waals surface area contributed by atoms with E-state index in [1.54, 1.807) is 11.1 Å². The Labute approximate surface area is 118 Å². The van der Waals surface area contributed by atoms with Crippen molar-refractivity contribution in [1.29, 1.82) is 0 Å². The summed E-state index contributed by atoms with van der Waals surface area (Å²) in [4.78, 5) is 17.2. The number of pyridine rings is 1. The van der Waals surface area contributed by atoms with E-state index in [1.807, 2.05) is 12.1 Å². The molecule has 0 saturated carbocycles. The number of rotatable bonds is 3. The first kappa shape index (κ1) is 13.2. The Balaban J connectivity index is 1.71. The minimum absolute atomic E-state index is 0.0864. The number of aromatic nitrogens is 1. The number of fused-ring (bicyclic) bond motifs is 2. The molecule has 2 aliphatic rings. The largest absolute Gasteiger partial charge is 0.474 e. The number of hydrogen-bond acceptors (Lipinski definition) is 3. The third-order valence-corrected chi connectivity index (χ3v) is 4.42. The highest BCUT2D eigenvalue weighted by molar-refractivity contribution is 5.66. The first-order valence-corrected chi connectivity index (χ1v) is 7.30. The molecule has 5 nitrogen and oxygen atoms in total. The van der Waals surface area contributed by atoms with E-state index in [-0.39, 0.29) is 18.2 Å². The number of hydrogen-bond donors (Lipinski definition) is 1. The van der Waals surface area contributed by atoms with Crippen molar-refractivity contribution >= 4 is 6.09 Å². The van der Waals surface area contributed by atoms with Gasteiger partial charge >= 0.3 is 6.09 Å². The fourth-order valence-corrected chi connectivity index (χ4v) is 3.49. The van der Waals surface area contributed by atoms with E-state index in [4.69, 9.17) is 4.74 Å². The first-order chi connectivity index (χ1) is 9.69. The third kappa shape index (κ3) is 2.32. The van der Waals surface area contributed by atoms with E-state index >= 15 is 0 Å². The summed E-state index contributed by atoms with van der Waals surface area (Å²) in [6.07, 6.45) is 5.41. The van der Waals surface area contributed by atoms with Crippen LogP contribution in [0.15, 0.2) is 18.3 Å². The van der Waals surface area contributed by atoms with Gasteiger partial charge in [0.15, 0.2) is 0 Å². The number of ether oxygens (including phenoxy) is 1. The molecule has 0 unspecified atom stereocenters. The number of carboxylic acid groups (broad SMARTS) is 1. The zero-order valence-corrected chi connectivity index (χ0v) is 11.7. The molecule has 1 aromatic rings. The summed E-state index contributed by atoms with van der Waals surface area (Å²) < 4.78 is 6.06. The van der Waals surface area contributed by atoms with Crippen molar-refractivity contribution in [2.75, 3.05) is 0 Å². The standard InChI is InChI=1S/C15H20N2O3/c1-2-10-4-3-7-16-14(10)20-13-8-11-5-6-12(9-13)17(11)15(18)19/h3-4,7,11-13H,2,5-6,8-9H2,1H3,(H,18,19)/t11-,12+,13+. The molecule has 108 valence electrons. The van der Waals surface area contributed by atoms with E-state index in [0.29, 0.717) is 5.88 Å².